The Morgan fingerprint density at radius 3 is 2.27 bits per heavy atom. The van der Waals surface area contributed by atoms with Gasteiger partial charge in [-0.2, -0.15) is 18.4 Å². The molecule has 4 rings (SSSR count). The summed E-state index contributed by atoms with van der Waals surface area (Å²) < 4.78 is 51.4. The third kappa shape index (κ3) is 5.59. The van der Waals surface area contributed by atoms with Gasteiger partial charge in [-0.1, -0.05) is 36.4 Å². The minimum atomic E-state index is -4.70. The molecule has 1 heterocycles. The van der Waals surface area contributed by atoms with Crippen molar-refractivity contribution in [3.8, 4) is 11.8 Å². The third-order valence-electron chi connectivity index (χ3n) is 6.40. The maximum Gasteiger partial charge on any atom is 0.416 e. The first-order chi connectivity index (χ1) is 19.1. The molecule has 1 aliphatic heterocycles. The highest BCUT2D eigenvalue weighted by molar-refractivity contribution is 6.13. The van der Waals surface area contributed by atoms with E-state index in [-0.39, 0.29) is 29.3 Å². The predicted molar refractivity (Wildman–Crippen MR) is 138 cm³/mol. The van der Waals surface area contributed by atoms with Crippen LogP contribution in [0.4, 0.5) is 18.9 Å². The van der Waals surface area contributed by atoms with Crippen molar-refractivity contribution in [2.24, 2.45) is 5.92 Å². The largest absolute Gasteiger partial charge is 0.463 e. The number of nitriles is 1. The minimum Gasteiger partial charge on any atom is -0.463 e. The van der Waals surface area contributed by atoms with Crippen molar-refractivity contribution in [2.75, 3.05) is 11.5 Å². The standard InChI is InChI=1S/C30H23F3N2O5/c1-3-39-28(37)24-18(2)35(22-9-7-8-21(16-22)30(31,32)33)27(36)26(29(38)40-23-10-5-4-6-11-23)25(24)20-14-12-19(17-34)13-15-20/h4-16,25-26H,3H2,1-2H3. The summed E-state index contributed by atoms with van der Waals surface area (Å²) in [6.45, 7) is 2.94. The second-order valence-electron chi connectivity index (χ2n) is 8.86. The molecule has 0 fully saturated rings. The van der Waals surface area contributed by atoms with Crippen LogP contribution in [0.5, 0.6) is 5.75 Å². The smallest absolute Gasteiger partial charge is 0.416 e. The predicted octanol–water partition coefficient (Wildman–Crippen LogP) is 5.77. The maximum absolute atomic E-state index is 14.1. The van der Waals surface area contributed by atoms with Gasteiger partial charge in [-0.25, -0.2) is 4.79 Å². The Kier molecular flexibility index (Phi) is 8.05. The van der Waals surface area contributed by atoms with E-state index in [1.165, 1.54) is 49.4 Å². The highest BCUT2D eigenvalue weighted by Gasteiger charge is 2.50. The first kappa shape index (κ1) is 28.1. The number of allylic oxidation sites excluding steroid dienone is 1. The summed E-state index contributed by atoms with van der Waals surface area (Å²) in [6, 6.07) is 19.9. The van der Waals surface area contributed by atoms with E-state index in [1.807, 2.05) is 6.07 Å². The number of nitrogens with zero attached hydrogens (tertiary/aromatic N) is 2. The Labute approximate surface area is 228 Å². The average Bonchev–Trinajstić information content (AvgIpc) is 2.93. The lowest BCUT2D eigenvalue weighted by atomic mass is 9.75. The Hall–Kier alpha value is -4.91. The van der Waals surface area contributed by atoms with Crippen molar-refractivity contribution >= 4 is 23.5 Å². The van der Waals surface area contributed by atoms with Crippen LogP contribution in [0.25, 0.3) is 0 Å². The number of rotatable bonds is 6. The van der Waals surface area contributed by atoms with Gasteiger partial charge >= 0.3 is 18.1 Å². The van der Waals surface area contributed by atoms with Crippen molar-refractivity contribution in [1.82, 2.24) is 0 Å². The van der Waals surface area contributed by atoms with Gasteiger partial charge in [-0.3, -0.25) is 14.5 Å². The van der Waals surface area contributed by atoms with Gasteiger partial charge in [0, 0.05) is 17.3 Å². The molecular weight excluding hydrogens is 525 g/mol. The van der Waals surface area contributed by atoms with Crippen molar-refractivity contribution in [3.05, 3.63) is 107 Å². The fraction of sp³-hybridized carbons (Fsp3) is 0.200. The summed E-state index contributed by atoms with van der Waals surface area (Å²) in [5, 5.41) is 9.23. The number of halogens is 3. The fourth-order valence-electron chi connectivity index (χ4n) is 4.61. The van der Waals surface area contributed by atoms with Crippen molar-refractivity contribution in [2.45, 2.75) is 25.9 Å². The van der Waals surface area contributed by atoms with Crippen LogP contribution in [0.2, 0.25) is 0 Å². The zero-order chi connectivity index (χ0) is 29.0. The molecule has 0 saturated heterocycles. The molecule has 40 heavy (non-hydrogen) atoms. The number of para-hydroxylation sites is 1. The number of benzene rings is 3. The van der Waals surface area contributed by atoms with Crippen LogP contribution >= 0.6 is 0 Å². The van der Waals surface area contributed by atoms with Crippen LogP contribution < -0.4 is 9.64 Å². The zero-order valence-corrected chi connectivity index (χ0v) is 21.4. The van der Waals surface area contributed by atoms with Crippen LogP contribution in [0.1, 0.15) is 36.5 Å². The molecule has 0 aromatic heterocycles. The zero-order valence-electron chi connectivity index (χ0n) is 21.4. The molecule has 10 heteroatoms. The minimum absolute atomic E-state index is 0.000829. The number of alkyl halides is 3. The second kappa shape index (κ2) is 11.5. The number of carbonyl (C=O) groups is 3. The normalized spacial score (nSPS) is 17.3. The molecule has 2 unspecified atom stereocenters. The fourth-order valence-corrected chi connectivity index (χ4v) is 4.61. The topological polar surface area (TPSA) is 96.7 Å². The van der Waals surface area contributed by atoms with Gasteiger partial charge in [0.05, 0.1) is 29.4 Å². The Bertz CT molecular complexity index is 1510. The Morgan fingerprint density at radius 2 is 1.68 bits per heavy atom. The van der Waals surface area contributed by atoms with E-state index in [1.54, 1.807) is 25.1 Å². The molecule has 1 amide bonds. The van der Waals surface area contributed by atoms with Crippen LogP contribution in [0.3, 0.4) is 0 Å². The van der Waals surface area contributed by atoms with E-state index in [0.717, 1.165) is 23.1 Å². The molecule has 1 aliphatic rings. The first-order valence-electron chi connectivity index (χ1n) is 12.2. The van der Waals surface area contributed by atoms with E-state index in [9.17, 15) is 32.8 Å². The van der Waals surface area contributed by atoms with Crippen LogP contribution in [-0.2, 0) is 25.3 Å². The number of hydrogen-bond acceptors (Lipinski definition) is 6. The molecule has 3 aromatic rings. The molecule has 7 nitrogen and oxygen atoms in total. The van der Waals surface area contributed by atoms with Gasteiger partial charge in [-0.05, 0) is 61.9 Å². The molecule has 204 valence electrons. The summed E-state index contributed by atoms with van der Waals surface area (Å²) in [5.41, 5.74) is -0.651. The summed E-state index contributed by atoms with van der Waals surface area (Å²) in [5.74, 6) is -5.51. The molecular formula is C30H23F3N2O5. The molecule has 0 spiro atoms. The van der Waals surface area contributed by atoms with E-state index < -0.39 is 41.4 Å². The number of esters is 2. The van der Waals surface area contributed by atoms with Crippen LogP contribution in [0, 0.1) is 17.2 Å². The highest BCUT2D eigenvalue weighted by Crippen LogP contribution is 2.44. The summed E-state index contributed by atoms with van der Waals surface area (Å²) >= 11 is 0. The van der Waals surface area contributed by atoms with Gasteiger partial charge in [0.25, 0.3) is 0 Å². The molecule has 3 aromatic carbocycles. The van der Waals surface area contributed by atoms with Crippen LogP contribution in [-0.4, -0.2) is 24.5 Å². The highest BCUT2D eigenvalue weighted by atomic mass is 19.4. The second-order valence-corrected chi connectivity index (χ2v) is 8.86. The van der Waals surface area contributed by atoms with Gasteiger partial charge < -0.3 is 9.47 Å². The summed E-state index contributed by atoms with van der Waals surface area (Å²) in [7, 11) is 0. The lowest BCUT2D eigenvalue weighted by Gasteiger charge is -2.38. The Morgan fingerprint density at radius 1 is 1.00 bits per heavy atom. The summed E-state index contributed by atoms with van der Waals surface area (Å²) in [4.78, 5) is 42.0. The SMILES string of the molecule is CCOC(=O)C1=C(C)N(c2cccc(C(F)(F)F)c2)C(=O)C(C(=O)Oc2ccccc2)C1c1ccc(C#N)cc1. The van der Waals surface area contributed by atoms with Crippen LogP contribution in [0.15, 0.2) is 90.1 Å². The van der Waals surface area contributed by atoms with E-state index >= 15 is 0 Å². The van der Waals surface area contributed by atoms with Crippen molar-refractivity contribution in [3.63, 3.8) is 0 Å². The average molecular weight is 549 g/mol. The quantitative estimate of drug-likeness (QED) is 0.221. The molecule has 0 radical (unpaired) electrons. The molecule has 2 atom stereocenters. The number of anilines is 1. The molecule has 0 N–H and O–H groups in total. The summed E-state index contributed by atoms with van der Waals surface area (Å²) in [6.07, 6.45) is -4.70. The monoisotopic (exact) mass is 548 g/mol. The Balaban J connectivity index is 1.95. The first-order valence-corrected chi connectivity index (χ1v) is 12.2. The molecule has 0 bridgehead atoms. The lowest BCUT2D eigenvalue weighted by Crippen LogP contribution is -2.49. The lowest BCUT2D eigenvalue weighted by molar-refractivity contribution is -0.146. The third-order valence-corrected chi connectivity index (χ3v) is 6.40. The van der Waals surface area contributed by atoms with Crippen molar-refractivity contribution < 1.29 is 37.0 Å². The van der Waals surface area contributed by atoms with E-state index in [4.69, 9.17) is 9.47 Å². The van der Waals surface area contributed by atoms with E-state index in [0.29, 0.717) is 11.1 Å². The molecule has 0 aliphatic carbocycles. The molecule has 0 saturated carbocycles. The van der Waals surface area contributed by atoms with Crippen molar-refractivity contribution in [1.29, 1.82) is 5.26 Å². The maximum atomic E-state index is 14.1. The number of carbonyl (C=O) groups excluding carboxylic acids is 3. The van der Waals surface area contributed by atoms with Gasteiger partial charge in [0.2, 0.25) is 5.91 Å². The number of hydrogen-bond donors (Lipinski definition) is 0. The van der Waals surface area contributed by atoms with E-state index in [2.05, 4.69) is 0 Å². The number of amides is 1. The van der Waals surface area contributed by atoms with Gasteiger partial charge in [-0.15, -0.1) is 0 Å². The van der Waals surface area contributed by atoms with Gasteiger partial charge in [0.15, 0.2) is 0 Å². The van der Waals surface area contributed by atoms with Gasteiger partial charge in [0.1, 0.15) is 11.7 Å². The number of ether oxygens (including phenoxy) is 2.